The Kier molecular flexibility index (Phi) is 5.65. The van der Waals surface area contributed by atoms with Crippen LogP contribution >= 0.6 is 11.8 Å². The second-order valence-electron chi connectivity index (χ2n) is 7.61. The Morgan fingerprint density at radius 3 is 2.77 bits per heavy atom. The third-order valence-electron chi connectivity index (χ3n) is 5.66. The first-order valence-corrected chi connectivity index (χ1v) is 11.3. The molecule has 0 saturated carbocycles. The molecule has 3 heterocycles. The van der Waals surface area contributed by atoms with E-state index in [0.29, 0.717) is 11.7 Å². The molecule has 2 aliphatic rings. The average molecular weight is 437 g/mol. The normalized spacial score (nSPS) is 17.9. The molecule has 2 aromatic carbocycles. The number of nitrogens with zero attached hydrogens (tertiary/aromatic N) is 4. The Bertz CT molecular complexity index is 1120. The third-order valence-corrected chi connectivity index (χ3v) is 6.60. The minimum Gasteiger partial charge on any atom is -0.496 e. The van der Waals surface area contributed by atoms with E-state index in [2.05, 4.69) is 22.3 Å². The molecule has 8 heteroatoms. The second-order valence-corrected chi connectivity index (χ2v) is 8.56. The summed E-state index contributed by atoms with van der Waals surface area (Å²) < 4.78 is 18.5. The van der Waals surface area contributed by atoms with Crippen molar-refractivity contribution in [2.24, 2.45) is 11.0 Å². The molecule has 1 fully saturated rings. The van der Waals surface area contributed by atoms with Crippen molar-refractivity contribution in [3.63, 3.8) is 0 Å². The SMILES string of the molecule is COc1ccc(C2=Nn3c(nnc3-c3ccccc3OC)SC2)cc1CC1CCOC1. The van der Waals surface area contributed by atoms with E-state index < -0.39 is 0 Å². The van der Waals surface area contributed by atoms with Crippen LogP contribution in [0, 0.1) is 5.92 Å². The Balaban J connectivity index is 1.51. The van der Waals surface area contributed by atoms with Crippen LogP contribution in [0.2, 0.25) is 0 Å². The van der Waals surface area contributed by atoms with E-state index >= 15 is 0 Å². The fourth-order valence-electron chi connectivity index (χ4n) is 4.04. The average Bonchev–Trinajstić information content (AvgIpc) is 3.48. The van der Waals surface area contributed by atoms with Gasteiger partial charge in [0, 0.05) is 19.0 Å². The van der Waals surface area contributed by atoms with Crippen LogP contribution in [0.15, 0.2) is 52.7 Å². The highest BCUT2D eigenvalue weighted by atomic mass is 32.2. The quantitative estimate of drug-likeness (QED) is 0.584. The largest absolute Gasteiger partial charge is 0.496 e. The number of fused-ring (bicyclic) bond motifs is 1. The molecular weight excluding hydrogens is 412 g/mol. The van der Waals surface area contributed by atoms with Crippen LogP contribution < -0.4 is 9.47 Å². The molecule has 2 aliphatic heterocycles. The van der Waals surface area contributed by atoms with Gasteiger partial charge in [-0.05, 0) is 60.2 Å². The number of thioether (sulfide) groups is 1. The minimum absolute atomic E-state index is 0.536. The van der Waals surface area contributed by atoms with Crippen LogP contribution in [0.3, 0.4) is 0 Å². The van der Waals surface area contributed by atoms with Crippen molar-refractivity contribution >= 4 is 17.5 Å². The maximum atomic E-state index is 5.62. The number of aromatic nitrogens is 3. The Hall–Kier alpha value is -2.84. The zero-order valence-electron chi connectivity index (χ0n) is 17.6. The topological polar surface area (TPSA) is 70.8 Å². The van der Waals surface area contributed by atoms with E-state index in [9.17, 15) is 0 Å². The summed E-state index contributed by atoms with van der Waals surface area (Å²) >= 11 is 1.64. The number of para-hydroxylation sites is 1. The molecule has 7 nitrogen and oxygen atoms in total. The molecule has 1 saturated heterocycles. The summed E-state index contributed by atoms with van der Waals surface area (Å²) in [5.74, 6) is 3.61. The summed E-state index contributed by atoms with van der Waals surface area (Å²) in [4.78, 5) is 0. The van der Waals surface area contributed by atoms with Gasteiger partial charge in [0.05, 0.1) is 25.5 Å². The van der Waals surface area contributed by atoms with E-state index in [-0.39, 0.29) is 0 Å². The molecule has 0 radical (unpaired) electrons. The first kappa shape index (κ1) is 20.1. The lowest BCUT2D eigenvalue weighted by atomic mass is 9.96. The van der Waals surface area contributed by atoms with Crippen molar-refractivity contribution in [1.29, 1.82) is 0 Å². The van der Waals surface area contributed by atoms with Gasteiger partial charge >= 0.3 is 0 Å². The van der Waals surface area contributed by atoms with Gasteiger partial charge in [0.2, 0.25) is 5.16 Å². The van der Waals surface area contributed by atoms with Gasteiger partial charge in [0.15, 0.2) is 5.82 Å². The molecule has 3 aromatic rings. The van der Waals surface area contributed by atoms with Crippen molar-refractivity contribution in [2.75, 3.05) is 33.2 Å². The van der Waals surface area contributed by atoms with Crippen LogP contribution in [0.25, 0.3) is 11.4 Å². The van der Waals surface area contributed by atoms with Crippen LogP contribution in [-0.4, -0.2) is 53.8 Å². The van der Waals surface area contributed by atoms with Crippen LogP contribution in [-0.2, 0) is 11.2 Å². The van der Waals surface area contributed by atoms with Gasteiger partial charge in [0.1, 0.15) is 11.5 Å². The Morgan fingerprint density at radius 2 is 1.97 bits per heavy atom. The van der Waals surface area contributed by atoms with Crippen molar-refractivity contribution in [3.8, 4) is 22.9 Å². The summed E-state index contributed by atoms with van der Waals surface area (Å²) in [6.45, 7) is 1.66. The van der Waals surface area contributed by atoms with E-state index in [1.807, 2.05) is 35.0 Å². The van der Waals surface area contributed by atoms with Crippen molar-refractivity contribution in [2.45, 2.75) is 18.0 Å². The molecule has 0 N–H and O–H groups in total. The summed E-state index contributed by atoms with van der Waals surface area (Å²) in [5.41, 5.74) is 4.14. The highest BCUT2D eigenvalue weighted by Crippen LogP contribution is 2.34. The van der Waals surface area contributed by atoms with E-state index in [1.165, 1.54) is 5.56 Å². The first-order valence-electron chi connectivity index (χ1n) is 10.3. The number of hydrogen-bond donors (Lipinski definition) is 0. The van der Waals surface area contributed by atoms with Gasteiger partial charge in [-0.15, -0.1) is 10.2 Å². The minimum atomic E-state index is 0.536. The van der Waals surface area contributed by atoms with Gasteiger partial charge in [-0.2, -0.15) is 9.78 Å². The van der Waals surface area contributed by atoms with E-state index in [1.54, 1.807) is 26.0 Å². The fraction of sp³-hybridized carbons (Fsp3) is 0.348. The molecule has 0 amide bonds. The lowest BCUT2D eigenvalue weighted by Crippen LogP contribution is -2.15. The van der Waals surface area contributed by atoms with E-state index in [4.69, 9.17) is 19.3 Å². The number of ether oxygens (including phenoxy) is 3. The van der Waals surface area contributed by atoms with Gasteiger partial charge in [0.25, 0.3) is 0 Å². The van der Waals surface area contributed by atoms with Gasteiger partial charge in [-0.3, -0.25) is 0 Å². The van der Waals surface area contributed by atoms with Crippen LogP contribution in [0.4, 0.5) is 0 Å². The number of methoxy groups -OCH3 is 2. The highest BCUT2D eigenvalue weighted by molar-refractivity contribution is 7.99. The Labute approximate surface area is 185 Å². The molecule has 1 unspecified atom stereocenters. The molecule has 5 rings (SSSR count). The van der Waals surface area contributed by atoms with Crippen molar-refractivity contribution in [3.05, 3.63) is 53.6 Å². The molecule has 0 bridgehead atoms. The smallest absolute Gasteiger partial charge is 0.212 e. The summed E-state index contributed by atoms with van der Waals surface area (Å²) in [7, 11) is 3.38. The molecule has 0 spiro atoms. The fourth-order valence-corrected chi connectivity index (χ4v) is 4.88. The zero-order valence-corrected chi connectivity index (χ0v) is 18.4. The summed E-state index contributed by atoms with van der Waals surface area (Å²) in [6, 6.07) is 14.1. The standard InChI is InChI=1S/C23H24N4O3S/c1-28-20-8-7-16(12-17(20)11-15-9-10-30-13-15)19-14-31-23-25-24-22(27(23)26-19)18-5-3-4-6-21(18)29-2/h3-8,12,15H,9-11,13-14H2,1-2H3. The lowest BCUT2D eigenvalue weighted by molar-refractivity contribution is 0.185. The number of hydrogen-bond acceptors (Lipinski definition) is 7. The maximum absolute atomic E-state index is 5.62. The molecular formula is C23H24N4O3S. The molecule has 160 valence electrons. The third kappa shape index (κ3) is 3.93. The van der Waals surface area contributed by atoms with Crippen LogP contribution in [0.5, 0.6) is 11.5 Å². The van der Waals surface area contributed by atoms with E-state index in [0.717, 1.165) is 65.3 Å². The molecule has 1 aromatic heterocycles. The van der Waals surface area contributed by atoms with Crippen molar-refractivity contribution in [1.82, 2.24) is 14.9 Å². The maximum Gasteiger partial charge on any atom is 0.212 e. The van der Waals surface area contributed by atoms with Crippen LogP contribution in [0.1, 0.15) is 17.5 Å². The summed E-state index contributed by atoms with van der Waals surface area (Å²) in [5, 5.41) is 14.4. The Morgan fingerprint density at radius 1 is 1.10 bits per heavy atom. The monoisotopic (exact) mass is 436 g/mol. The van der Waals surface area contributed by atoms with Crippen molar-refractivity contribution < 1.29 is 14.2 Å². The number of benzene rings is 2. The summed E-state index contributed by atoms with van der Waals surface area (Å²) in [6.07, 6.45) is 2.04. The first-order chi connectivity index (χ1) is 15.3. The van der Waals surface area contributed by atoms with Gasteiger partial charge in [-0.1, -0.05) is 23.9 Å². The highest BCUT2D eigenvalue weighted by Gasteiger charge is 2.24. The molecule has 0 aliphatic carbocycles. The second kappa shape index (κ2) is 8.72. The predicted octanol–water partition coefficient (Wildman–Crippen LogP) is 3.90. The zero-order chi connectivity index (χ0) is 21.2. The van der Waals surface area contributed by atoms with Gasteiger partial charge < -0.3 is 14.2 Å². The van der Waals surface area contributed by atoms with Gasteiger partial charge in [-0.25, -0.2) is 0 Å². The molecule has 31 heavy (non-hydrogen) atoms. The lowest BCUT2D eigenvalue weighted by Gasteiger charge is -2.17. The molecule has 1 atom stereocenters. The number of rotatable bonds is 6. The predicted molar refractivity (Wildman–Crippen MR) is 120 cm³/mol.